The van der Waals surface area contributed by atoms with Crippen molar-refractivity contribution >= 4 is 5.91 Å². The third kappa shape index (κ3) is 4.46. The van der Waals surface area contributed by atoms with Gasteiger partial charge in [-0.2, -0.15) is 0 Å². The molecular weight excluding hydrogens is 264 g/mol. The second-order valence-electron chi connectivity index (χ2n) is 5.66. The maximum Gasteiger partial charge on any atom is 0.227 e. The maximum atomic E-state index is 12.4. The van der Waals surface area contributed by atoms with Gasteiger partial charge in [-0.15, -0.1) is 0 Å². The Kier molecular flexibility index (Phi) is 6.05. The Hall–Kier alpha value is -1.55. The summed E-state index contributed by atoms with van der Waals surface area (Å²) in [6.45, 7) is 5.00. The number of rotatable bonds is 7. The number of nitrogens with zero attached hydrogens (tertiary/aromatic N) is 1. The number of hydrogen-bond donors (Lipinski definition) is 1. The Morgan fingerprint density at radius 2 is 1.95 bits per heavy atom. The molecule has 116 valence electrons. The molecule has 1 saturated heterocycles. The van der Waals surface area contributed by atoms with E-state index in [0.29, 0.717) is 13.0 Å². The summed E-state index contributed by atoms with van der Waals surface area (Å²) in [6.07, 6.45) is 3.94. The van der Waals surface area contributed by atoms with E-state index in [4.69, 9.17) is 10.5 Å². The first-order valence-electron chi connectivity index (χ1n) is 7.95. The van der Waals surface area contributed by atoms with Gasteiger partial charge in [0.05, 0.1) is 12.5 Å². The summed E-state index contributed by atoms with van der Waals surface area (Å²) in [7, 11) is 0. The number of carbonyl (C=O) groups is 1. The standard InChI is InChI=1S/C17H26N2O2/c1-2-11-21-16-7-5-14(6-8-16)12-15(13-18)17(20)19-9-3-4-10-19/h5-8,15H,2-4,9-13,18H2,1H3. The summed E-state index contributed by atoms with van der Waals surface area (Å²) in [6, 6.07) is 8.01. The minimum absolute atomic E-state index is 0.106. The van der Waals surface area contributed by atoms with E-state index < -0.39 is 0 Å². The Balaban J connectivity index is 1.92. The van der Waals surface area contributed by atoms with E-state index in [1.165, 1.54) is 0 Å². The fourth-order valence-electron chi connectivity index (χ4n) is 2.69. The lowest BCUT2D eigenvalue weighted by Gasteiger charge is -2.22. The highest BCUT2D eigenvalue weighted by molar-refractivity contribution is 5.79. The second kappa shape index (κ2) is 8.03. The van der Waals surface area contributed by atoms with Crippen molar-refractivity contribution in [3.8, 4) is 5.75 Å². The van der Waals surface area contributed by atoms with Gasteiger partial charge in [0.25, 0.3) is 0 Å². The van der Waals surface area contributed by atoms with Crippen LogP contribution in [0.4, 0.5) is 0 Å². The molecule has 2 rings (SSSR count). The molecule has 0 aliphatic carbocycles. The molecule has 0 aromatic heterocycles. The Labute approximate surface area is 127 Å². The highest BCUT2D eigenvalue weighted by Gasteiger charge is 2.25. The molecule has 4 heteroatoms. The van der Waals surface area contributed by atoms with Crippen LogP contribution in [0.3, 0.4) is 0 Å². The summed E-state index contributed by atoms with van der Waals surface area (Å²) in [5, 5.41) is 0. The molecular formula is C17H26N2O2. The van der Waals surface area contributed by atoms with Gasteiger partial charge in [0.15, 0.2) is 0 Å². The highest BCUT2D eigenvalue weighted by Crippen LogP contribution is 2.18. The SMILES string of the molecule is CCCOc1ccc(CC(CN)C(=O)N2CCCC2)cc1. The van der Waals surface area contributed by atoms with Crippen LogP contribution in [-0.4, -0.2) is 37.0 Å². The van der Waals surface area contributed by atoms with Crippen molar-refractivity contribution in [2.75, 3.05) is 26.2 Å². The number of benzene rings is 1. The molecule has 1 fully saturated rings. The number of amides is 1. The smallest absolute Gasteiger partial charge is 0.227 e. The van der Waals surface area contributed by atoms with E-state index in [2.05, 4.69) is 6.92 Å². The van der Waals surface area contributed by atoms with Crippen LogP contribution in [0.2, 0.25) is 0 Å². The normalized spacial score (nSPS) is 16.0. The number of hydrogen-bond acceptors (Lipinski definition) is 3. The first kappa shape index (κ1) is 15.8. The van der Waals surface area contributed by atoms with Crippen LogP contribution in [0.1, 0.15) is 31.7 Å². The molecule has 0 spiro atoms. The first-order valence-corrected chi connectivity index (χ1v) is 7.95. The van der Waals surface area contributed by atoms with Gasteiger partial charge >= 0.3 is 0 Å². The molecule has 1 aromatic rings. The third-order valence-corrected chi connectivity index (χ3v) is 3.93. The molecule has 21 heavy (non-hydrogen) atoms. The number of carbonyl (C=O) groups excluding carboxylic acids is 1. The van der Waals surface area contributed by atoms with Crippen LogP contribution in [0.5, 0.6) is 5.75 Å². The zero-order valence-corrected chi connectivity index (χ0v) is 12.9. The Morgan fingerprint density at radius 1 is 1.29 bits per heavy atom. The largest absolute Gasteiger partial charge is 0.494 e. The first-order chi connectivity index (χ1) is 10.2. The van der Waals surface area contributed by atoms with E-state index in [0.717, 1.165) is 50.3 Å². The van der Waals surface area contributed by atoms with E-state index in [9.17, 15) is 4.79 Å². The third-order valence-electron chi connectivity index (χ3n) is 3.93. The molecule has 0 radical (unpaired) electrons. The average molecular weight is 290 g/mol. The molecule has 0 saturated carbocycles. The predicted molar refractivity (Wildman–Crippen MR) is 84.3 cm³/mol. The van der Waals surface area contributed by atoms with Crippen LogP contribution >= 0.6 is 0 Å². The Bertz CT molecular complexity index is 439. The van der Waals surface area contributed by atoms with E-state index in [1.54, 1.807) is 0 Å². The van der Waals surface area contributed by atoms with E-state index in [1.807, 2.05) is 29.2 Å². The van der Waals surface area contributed by atoms with Gasteiger partial charge in [0.2, 0.25) is 5.91 Å². The van der Waals surface area contributed by atoms with Crippen LogP contribution in [0, 0.1) is 5.92 Å². The molecule has 1 aliphatic heterocycles. The van der Waals surface area contributed by atoms with Crippen molar-refractivity contribution in [1.29, 1.82) is 0 Å². The van der Waals surface area contributed by atoms with Gasteiger partial charge in [0.1, 0.15) is 5.75 Å². The van der Waals surface area contributed by atoms with Crippen molar-refractivity contribution < 1.29 is 9.53 Å². The molecule has 1 atom stereocenters. The van der Waals surface area contributed by atoms with Gasteiger partial charge in [0, 0.05) is 19.6 Å². The van der Waals surface area contributed by atoms with Crippen molar-refractivity contribution in [3.63, 3.8) is 0 Å². The van der Waals surface area contributed by atoms with Crippen LogP contribution in [0.25, 0.3) is 0 Å². The summed E-state index contributed by atoms with van der Waals surface area (Å²) in [5.74, 6) is 0.989. The lowest BCUT2D eigenvalue weighted by molar-refractivity contribution is -0.134. The van der Waals surface area contributed by atoms with Crippen LogP contribution in [0.15, 0.2) is 24.3 Å². The molecule has 1 aromatic carbocycles. The fourth-order valence-corrected chi connectivity index (χ4v) is 2.69. The van der Waals surface area contributed by atoms with Crippen LogP contribution < -0.4 is 10.5 Å². The number of likely N-dealkylation sites (tertiary alicyclic amines) is 1. The van der Waals surface area contributed by atoms with Crippen LogP contribution in [-0.2, 0) is 11.2 Å². The van der Waals surface area contributed by atoms with E-state index >= 15 is 0 Å². The Morgan fingerprint density at radius 3 is 2.52 bits per heavy atom. The topological polar surface area (TPSA) is 55.6 Å². The number of nitrogens with two attached hydrogens (primary N) is 1. The second-order valence-corrected chi connectivity index (χ2v) is 5.66. The predicted octanol–water partition coefficient (Wildman–Crippen LogP) is 2.22. The molecule has 4 nitrogen and oxygen atoms in total. The van der Waals surface area contributed by atoms with Crippen molar-refractivity contribution in [2.45, 2.75) is 32.6 Å². The van der Waals surface area contributed by atoms with Crippen molar-refractivity contribution in [3.05, 3.63) is 29.8 Å². The van der Waals surface area contributed by atoms with Crippen molar-refractivity contribution in [2.24, 2.45) is 11.7 Å². The fraction of sp³-hybridized carbons (Fsp3) is 0.588. The molecule has 1 amide bonds. The average Bonchev–Trinajstić information content (AvgIpc) is 3.05. The molecule has 1 aliphatic rings. The van der Waals surface area contributed by atoms with Gasteiger partial charge in [-0.1, -0.05) is 19.1 Å². The maximum absolute atomic E-state index is 12.4. The zero-order valence-electron chi connectivity index (χ0n) is 12.9. The lowest BCUT2D eigenvalue weighted by atomic mass is 9.98. The highest BCUT2D eigenvalue weighted by atomic mass is 16.5. The summed E-state index contributed by atoms with van der Waals surface area (Å²) >= 11 is 0. The van der Waals surface area contributed by atoms with Gasteiger partial charge < -0.3 is 15.4 Å². The number of ether oxygens (including phenoxy) is 1. The monoisotopic (exact) mass is 290 g/mol. The summed E-state index contributed by atoms with van der Waals surface area (Å²) < 4.78 is 5.57. The summed E-state index contributed by atoms with van der Waals surface area (Å²) in [4.78, 5) is 14.4. The quantitative estimate of drug-likeness (QED) is 0.837. The van der Waals surface area contributed by atoms with E-state index in [-0.39, 0.29) is 11.8 Å². The zero-order chi connectivity index (χ0) is 15.1. The van der Waals surface area contributed by atoms with Crippen molar-refractivity contribution in [1.82, 2.24) is 4.90 Å². The molecule has 1 heterocycles. The molecule has 1 unspecified atom stereocenters. The summed E-state index contributed by atoms with van der Waals surface area (Å²) in [5.41, 5.74) is 6.95. The minimum atomic E-state index is -0.106. The lowest BCUT2D eigenvalue weighted by Crippen LogP contribution is -2.38. The van der Waals surface area contributed by atoms with Gasteiger partial charge in [-0.25, -0.2) is 0 Å². The van der Waals surface area contributed by atoms with Gasteiger partial charge in [-0.3, -0.25) is 4.79 Å². The minimum Gasteiger partial charge on any atom is -0.494 e. The van der Waals surface area contributed by atoms with Gasteiger partial charge in [-0.05, 0) is 43.4 Å². The molecule has 2 N–H and O–H groups in total. The molecule has 0 bridgehead atoms.